The third kappa shape index (κ3) is 2.59. The van der Waals surface area contributed by atoms with Crippen LogP contribution in [-0.2, 0) is 6.54 Å². The molecule has 2 heterocycles. The van der Waals surface area contributed by atoms with Crippen molar-refractivity contribution in [1.29, 1.82) is 0 Å². The second-order valence-electron chi connectivity index (χ2n) is 6.73. The molecule has 0 fully saturated rings. The fraction of sp³-hybridized carbons (Fsp3) is 0.0435. The molecular weight excluding hydrogens is 416 g/mol. The molecule has 4 nitrogen and oxygen atoms in total. The Hall–Kier alpha value is -3.18. The molecule has 5 rings (SSSR count). The van der Waals surface area contributed by atoms with Gasteiger partial charge in [-0.15, -0.1) is 0 Å². The first-order valence-electron chi connectivity index (χ1n) is 8.91. The van der Waals surface area contributed by atoms with E-state index in [9.17, 15) is 9.90 Å². The Morgan fingerprint density at radius 1 is 0.964 bits per heavy atom. The van der Waals surface area contributed by atoms with Crippen molar-refractivity contribution in [3.63, 3.8) is 0 Å². The maximum Gasteiger partial charge on any atom is 0.281 e. The van der Waals surface area contributed by atoms with Crippen molar-refractivity contribution in [1.82, 2.24) is 9.55 Å². The van der Waals surface area contributed by atoms with Gasteiger partial charge in [-0.3, -0.25) is 4.79 Å². The van der Waals surface area contributed by atoms with Crippen LogP contribution in [0, 0.1) is 0 Å². The van der Waals surface area contributed by atoms with Gasteiger partial charge in [0.15, 0.2) is 0 Å². The van der Waals surface area contributed by atoms with Crippen molar-refractivity contribution in [2.75, 3.05) is 0 Å². The number of fused-ring (bicyclic) bond motifs is 4. The highest BCUT2D eigenvalue weighted by Gasteiger charge is 2.26. The molecule has 0 saturated carbocycles. The normalized spacial score (nSPS) is 14.5. The number of hydrogen-bond acceptors (Lipinski definition) is 3. The molecule has 5 heteroatoms. The lowest BCUT2D eigenvalue weighted by molar-refractivity contribution is 0.512. The third-order valence-electron chi connectivity index (χ3n) is 5.08. The van der Waals surface area contributed by atoms with Gasteiger partial charge in [0.1, 0.15) is 11.6 Å². The molecule has 0 unspecified atom stereocenters. The van der Waals surface area contributed by atoms with Crippen LogP contribution >= 0.6 is 15.9 Å². The van der Waals surface area contributed by atoms with E-state index < -0.39 is 0 Å². The summed E-state index contributed by atoms with van der Waals surface area (Å²) in [6.45, 7) is 0.594. The maximum absolute atomic E-state index is 12.7. The Balaban J connectivity index is 1.89. The second-order valence-corrected chi connectivity index (χ2v) is 7.65. The zero-order chi connectivity index (χ0) is 19.3. The summed E-state index contributed by atoms with van der Waals surface area (Å²) >= 11 is 3.42. The summed E-state index contributed by atoms with van der Waals surface area (Å²) in [5.41, 5.74) is 3.74. The van der Waals surface area contributed by atoms with E-state index in [0.29, 0.717) is 28.9 Å². The van der Waals surface area contributed by atoms with Gasteiger partial charge in [-0.2, -0.15) is 4.98 Å². The predicted octanol–water partition coefficient (Wildman–Crippen LogP) is 5.00. The SMILES string of the molecule is O=c1nc2n(c3ccccc13)Cc1ccccc1/C2=C(/O)c1ccc(Br)cc1. The van der Waals surface area contributed by atoms with Crippen LogP contribution in [0.2, 0.25) is 0 Å². The molecule has 1 aliphatic heterocycles. The number of aliphatic hydroxyl groups is 1. The lowest BCUT2D eigenvalue weighted by atomic mass is 9.92. The van der Waals surface area contributed by atoms with Crippen molar-refractivity contribution in [2.45, 2.75) is 6.54 Å². The van der Waals surface area contributed by atoms with Crippen LogP contribution in [0.3, 0.4) is 0 Å². The van der Waals surface area contributed by atoms with Gasteiger partial charge in [0.2, 0.25) is 0 Å². The number of para-hydroxylation sites is 1. The van der Waals surface area contributed by atoms with E-state index in [4.69, 9.17) is 0 Å². The summed E-state index contributed by atoms with van der Waals surface area (Å²) in [5, 5.41) is 11.8. The van der Waals surface area contributed by atoms with Gasteiger partial charge in [-0.05, 0) is 35.4 Å². The molecule has 1 N–H and O–H groups in total. The molecule has 0 aliphatic carbocycles. The average molecular weight is 431 g/mol. The summed E-state index contributed by atoms with van der Waals surface area (Å²) in [4.78, 5) is 17.0. The van der Waals surface area contributed by atoms with Gasteiger partial charge < -0.3 is 9.67 Å². The van der Waals surface area contributed by atoms with Crippen molar-refractivity contribution < 1.29 is 5.11 Å². The molecule has 0 bridgehead atoms. The molecule has 0 radical (unpaired) electrons. The van der Waals surface area contributed by atoms with E-state index in [0.717, 1.165) is 21.1 Å². The fourth-order valence-corrected chi connectivity index (χ4v) is 4.01. The highest BCUT2D eigenvalue weighted by atomic mass is 79.9. The number of hydrogen-bond donors (Lipinski definition) is 1. The highest BCUT2D eigenvalue weighted by molar-refractivity contribution is 9.10. The Labute approximate surface area is 169 Å². The van der Waals surface area contributed by atoms with E-state index in [1.54, 1.807) is 6.07 Å². The minimum atomic E-state index is -0.290. The predicted molar refractivity (Wildman–Crippen MR) is 114 cm³/mol. The number of halogens is 1. The van der Waals surface area contributed by atoms with Gasteiger partial charge >= 0.3 is 0 Å². The van der Waals surface area contributed by atoms with Crippen LogP contribution < -0.4 is 5.56 Å². The molecule has 0 amide bonds. The van der Waals surface area contributed by atoms with E-state index in [-0.39, 0.29) is 11.3 Å². The Morgan fingerprint density at radius 3 is 2.50 bits per heavy atom. The molecule has 1 aromatic heterocycles. The smallest absolute Gasteiger partial charge is 0.281 e. The van der Waals surface area contributed by atoms with Crippen molar-refractivity contribution in [3.8, 4) is 0 Å². The Morgan fingerprint density at radius 2 is 1.68 bits per heavy atom. The maximum atomic E-state index is 12.7. The minimum Gasteiger partial charge on any atom is -0.507 e. The highest BCUT2D eigenvalue weighted by Crippen LogP contribution is 2.36. The summed E-state index contributed by atoms with van der Waals surface area (Å²) in [5.74, 6) is 0.596. The first-order valence-corrected chi connectivity index (χ1v) is 9.70. The lowest BCUT2D eigenvalue weighted by Gasteiger charge is -2.26. The van der Waals surface area contributed by atoms with Crippen LogP contribution in [0.5, 0.6) is 0 Å². The summed E-state index contributed by atoms with van der Waals surface area (Å²) in [6.07, 6.45) is 0. The van der Waals surface area contributed by atoms with Crippen molar-refractivity contribution in [2.24, 2.45) is 0 Å². The molecule has 0 spiro atoms. The quantitative estimate of drug-likeness (QED) is 0.381. The van der Waals surface area contributed by atoms with Gasteiger partial charge in [-0.25, -0.2) is 0 Å². The van der Waals surface area contributed by atoms with Crippen molar-refractivity contribution >= 4 is 38.2 Å². The molecular formula is C23H15BrN2O2. The Bertz CT molecular complexity index is 1320. The molecule has 4 aromatic rings. The fourth-order valence-electron chi connectivity index (χ4n) is 3.75. The van der Waals surface area contributed by atoms with Crippen molar-refractivity contribution in [3.05, 3.63) is 110 Å². The van der Waals surface area contributed by atoms with Gasteiger partial charge in [-0.1, -0.05) is 64.5 Å². The van der Waals surface area contributed by atoms with E-state index >= 15 is 0 Å². The molecule has 0 atom stereocenters. The first kappa shape index (κ1) is 17.0. The number of aliphatic hydroxyl groups excluding tert-OH is 1. The second kappa shape index (κ2) is 6.46. The summed E-state index contributed by atoms with van der Waals surface area (Å²) in [7, 11) is 0. The Kier molecular flexibility index (Phi) is 3.91. The zero-order valence-electron chi connectivity index (χ0n) is 14.8. The molecule has 3 aromatic carbocycles. The number of nitrogens with zero attached hydrogens (tertiary/aromatic N) is 2. The lowest BCUT2D eigenvalue weighted by Crippen LogP contribution is -2.24. The summed E-state index contributed by atoms with van der Waals surface area (Å²) < 4.78 is 2.93. The first-order chi connectivity index (χ1) is 13.6. The number of rotatable bonds is 1. The zero-order valence-corrected chi connectivity index (χ0v) is 16.3. The molecule has 136 valence electrons. The summed E-state index contributed by atoms with van der Waals surface area (Å²) in [6, 6.07) is 22.8. The number of benzene rings is 3. The molecule has 1 aliphatic rings. The topological polar surface area (TPSA) is 55.1 Å². The van der Waals surface area contributed by atoms with Crippen LogP contribution in [0.15, 0.2) is 82.1 Å². The standard InChI is InChI=1S/C23H15BrN2O2/c24-16-11-9-14(10-12-16)21(27)20-17-6-2-1-5-15(17)13-26-19-8-4-3-7-18(19)23(28)25-22(20)26/h1-12,27H,13H2/b21-20-. The molecule has 0 saturated heterocycles. The van der Waals surface area contributed by atoms with Gasteiger partial charge in [0, 0.05) is 10.0 Å². The third-order valence-corrected chi connectivity index (χ3v) is 5.61. The van der Waals surface area contributed by atoms with Gasteiger partial charge in [0.05, 0.1) is 23.0 Å². The average Bonchev–Trinajstić information content (AvgIpc) is 2.73. The minimum absolute atomic E-state index is 0.107. The monoisotopic (exact) mass is 430 g/mol. The number of aromatic nitrogens is 2. The van der Waals surface area contributed by atoms with E-state index in [1.807, 2.05) is 71.3 Å². The van der Waals surface area contributed by atoms with Crippen LogP contribution in [-0.4, -0.2) is 14.7 Å². The molecule has 28 heavy (non-hydrogen) atoms. The van der Waals surface area contributed by atoms with Gasteiger partial charge in [0.25, 0.3) is 5.56 Å². The van der Waals surface area contributed by atoms with Crippen LogP contribution in [0.4, 0.5) is 0 Å². The van der Waals surface area contributed by atoms with Crippen LogP contribution in [0.1, 0.15) is 22.5 Å². The largest absolute Gasteiger partial charge is 0.507 e. The van der Waals surface area contributed by atoms with E-state index in [2.05, 4.69) is 20.9 Å². The van der Waals surface area contributed by atoms with Crippen LogP contribution in [0.25, 0.3) is 22.2 Å². The van der Waals surface area contributed by atoms with E-state index in [1.165, 1.54) is 0 Å².